The number of benzene rings is 1. The molecule has 1 aromatic rings. The molecule has 0 saturated heterocycles. The zero-order valence-electron chi connectivity index (χ0n) is 8.76. The molecule has 0 amide bonds. The Kier molecular flexibility index (Phi) is 3.38. The van der Waals surface area contributed by atoms with E-state index in [-0.39, 0.29) is 12.4 Å². The fourth-order valence-electron chi connectivity index (χ4n) is 1.29. The molecule has 0 saturated carbocycles. The average molecular weight is 216 g/mol. The van der Waals surface area contributed by atoms with Crippen LogP contribution in [0, 0.1) is 0 Å². The van der Waals surface area contributed by atoms with E-state index in [0.29, 0.717) is 12.4 Å². The molecule has 82 valence electrons. The van der Waals surface area contributed by atoms with E-state index in [1.165, 1.54) is 12.3 Å². The van der Waals surface area contributed by atoms with Gasteiger partial charge in [-0.1, -0.05) is 30.3 Å². The van der Waals surface area contributed by atoms with Gasteiger partial charge in [-0.25, -0.2) is 0 Å². The van der Waals surface area contributed by atoms with Crippen LogP contribution in [0.2, 0.25) is 0 Å². The lowest BCUT2D eigenvalue weighted by atomic mass is 10.2. The summed E-state index contributed by atoms with van der Waals surface area (Å²) in [7, 11) is 0. The molecule has 1 aliphatic rings. The summed E-state index contributed by atoms with van der Waals surface area (Å²) in [4.78, 5) is 11.0. The molecule has 3 heteroatoms. The lowest BCUT2D eigenvalue weighted by Gasteiger charge is -2.05. The van der Waals surface area contributed by atoms with Gasteiger partial charge in [-0.3, -0.25) is 4.79 Å². The highest BCUT2D eigenvalue weighted by molar-refractivity contribution is 5.91. The number of hydrogen-bond acceptors (Lipinski definition) is 3. The van der Waals surface area contributed by atoms with Gasteiger partial charge in [0, 0.05) is 0 Å². The molecule has 0 N–H and O–H groups in total. The topological polar surface area (TPSA) is 35.5 Å². The first-order valence-corrected chi connectivity index (χ1v) is 5.04. The highest BCUT2D eigenvalue weighted by atomic mass is 16.5. The van der Waals surface area contributed by atoms with E-state index >= 15 is 0 Å². The molecular formula is C13H12O3. The van der Waals surface area contributed by atoms with E-state index < -0.39 is 0 Å². The molecule has 1 aromatic carbocycles. The van der Waals surface area contributed by atoms with Crippen molar-refractivity contribution in [2.45, 2.75) is 6.61 Å². The third-order valence-electron chi connectivity index (χ3n) is 2.11. The second kappa shape index (κ2) is 5.16. The summed E-state index contributed by atoms with van der Waals surface area (Å²) in [6.45, 7) is 0.545. The van der Waals surface area contributed by atoms with Gasteiger partial charge in [-0.05, 0) is 17.7 Å². The van der Waals surface area contributed by atoms with Gasteiger partial charge < -0.3 is 9.47 Å². The third-order valence-corrected chi connectivity index (χ3v) is 2.11. The Hall–Kier alpha value is -2.03. The summed E-state index contributed by atoms with van der Waals surface area (Å²) >= 11 is 0. The third kappa shape index (κ3) is 2.98. The highest BCUT2D eigenvalue weighted by Gasteiger charge is 2.03. The van der Waals surface area contributed by atoms with Crippen molar-refractivity contribution in [3.05, 3.63) is 60.1 Å². The number of ketones is 1. The lowest BCUT2D eigenvalue weighted by molar-refractivity contribution is -0.117. The summed E-state index contributed by atoms with van der Waals surface area (Å²) in [5.74, 6) is 0.504. The number of carbonyl (C=O) groups excluding carboxylic acids is 1. The summed E-state index contributed by atoms with van der Waals surface area (Å²) in [5, 5.41) is 0. The molecule has 3 nitrogen and oxygen atoms in total. The van der Waals surface area contributed by atoms with Crippen molar-refractivity contribution < 1.29 is 14.3 Å². The van der Waals surface area contributed by atoms with E-state index in [0.717, 1.165) is 5.56 Å². The molecule has 0 atom stereocenters. The van der Waals surface area contributed by atoms with Crippen LogP contribution in [0.3, 0.4) is 0 Å². The van der Waals surface area contributed by atoms with Crippen molar-refractivity contribution in [1.29, 1.82) is 0 Å². The van der Waals surface area contributed by atoms with Crippen molar-refractivity contribution >= 4 is 5.78 Å². The number of carbonyl (C=O) groups is 1. The Morgan fingerprint density at radius 1 is 1.19 bits per heavy atom. The number of hydrogen-bond donors (Lipinski definition) is 0. The first-order chi connectivity index (χ1) is 7.84. The summed E-state index contributed by atoms with van der Waals surface area (Å²) in [5.41, 5.74) is 1.08. The van der Waals surface area contributed by atoms with E-state index in [9.17, 15) is 4.79 Å². The van der Waals surface area contributed by atoms with Crippen molar-refractivity contribution in [3.8, 4) is 0 Å². The quantitative estimate of drug-likeness (QED) is 0.777. The van der Waals surface area contributed by atoms with Crippen molar-refractivity contribution in [2.75, 3.05) is 6.61 Å². The minimum atomic E-state index is -0.0606. The lowest BCUT2D eigenvalue weighted by Crippen LogP contribution is -1.99. The standard InChI is InChI=1S/C13H12O3/c14-12-6-7-13(10-15-9-12)16-8-11-4-2-1-3-5-11/h1-7,10H,8-9H2. The SMILES string of the molecule is O=C1C=CC(OCc2ccccc2)=COC1. The predicted molar refractivity (Wildman–Crippen MR) is 59.4 cm³/mol. The predicted octanol–water partition coefficient (Wildman–Crippen LogP) is 2.20. The van der Waals surface area contributed by atoms with Crippen LogP contribution < -0.4 is 0 Å². The van der Waals surface area contributed by atoms with Gasteiger partial charge in [0.15, 0.2) is 11.5 Å². The van der Waals surface area contributed by atoms with Crippen LogP contribution in [0.15, 0.2) is 54.5 Å². The first kappa shape index (κ1) is 10.5. The van der Waals surface area contributed by atoms with E-state index in [4.69, 9.17) is 9.47 Å². The van der Waals surface area contributed by atoms with Crippen molar-refractivity contribution in [2.24, 2.45) is 0 Å². The van der Waals surface area contributed by atoms with Crippen molar-refractivity contribution in [3.63, 3.8) is 0 Å². The van der Waals surface area contributed by atoms with Crippen LogP contribution >= 0.6 is 0 Å². The van der Waals surface area contributed by atoms with Crippen LogP contribution in [-0.4, -0.2) is 12.4 Å². The number of allylic oxidation sites excluding steroid dienone is 1. The normalized spacial score (nSPS) is 15.0. The monoisotopic (exact) mass is 216 g/mol. The van der Waals surface area contributed by atoms with E-state index in [1.807, 2.05) is 30.3 Å². The number of ether oxygens (including phenoxy) is 2. The fourth-order valence-corrected chi connectivity index (χ4v) is 1.29. The van der Waals surface area contributed by atoms with Gasteiger partial charge in [0.25, 0.3) is 0 Å². The van der Waals surface area contributed by atoms with Crippen LogP contribution in [0.1, 0.15) is 5.56 Å². The van der Waals surface area contributed by atoms with E-state index in [1.54, 1.807) is 6.08 Å². The molecule has 0 radical (unpaired) electrons. The van der Waals surface area contributed by atoms with Gasteiger partial charge in [-0.2, -0.15) is 0 Å². The molecule has 0 bridgehead atoms. The molecule has 1 heterocycles. The van der Waals surface area contributed by atoms with Crippen molar-refractivity contribution in [1.82, 2.24) is 0 Å². The minimum absolute atomic E-state index is 0.0606. The largest absolute Gasteiger partial charge is 0.489 e. The maximum atomic E-state index is 11.0. The Balaban J connectivity index is 1.93. The Bertz CT molecular complexity index is 418. The van der Waals surface area contributed by atoms with Crippen LogP contribution in [0.25, 0.3) is 0 Å². The van der Waals surface area contributed by atoms with Gasteiger partial charge in [0.2, 0.25) is 0 Å². The summed E-state index contributed by atoms with van der Waals surface area (Å²) in [6.07, 6.45) is 4.55. The Morgan fingerprint density at radius 3 is 2.81 bits per heavy atom. The minimum Gasteiger partial charge on any atom is -0.489 e. The number of rotatable bonds is 3. The van der Waals surface area contributed by atoms with Gasteiger partial charge in [0.1, 0.15) is 19.5 Å². The Morgan fingerprint density at radius 2 is 2.00 bits per heavy atom. The van der Waals surface area contributed by atoms with E-state index in [2.05, 4.69) is 0 Å². The van der Waals surface area contributed by atoms with Gasteiger partial charge in [0.05, 0.1) is 0 Å². The second-order valence-electron chi connectivity index (χ2n) is 3.41. The smallest absolute Gasteiger partial charge is 0.193 e. The second-order valence-corrected chi connectivity index (χ2v) is 3.41. The molecule has 0 unspecified atom stereocenters. The molecule has 0 aromatic heterocycles. The first-order valence-electron chi connectivity index (χ1n) is 5.04. The zero-order valence-corrected chi connectivity index (χ0v) is 8.76. The Labute approximate surface area is 94.0 Å². The molecule has 16 heavy (non-hydrogen) atoms. The maximum absolute atomic E-state index is 11.0. The molecular weight excluding hydrogens is 204 g/mol. The van der Waals surface area contributed by atoms with Gasteiger partial charge in [-0.15, -0.1) is 0 Å². The zero-order chi connectivity index (χ0) is 11.2. The fraction of sp³-hybridized carbons (Fsp3) is 0.154. The molecule has 0 spiro atoms. The summed E-state index contributed by atoms with van der Waals surface area (Å²) in [6, 6.07) is 9.82. The molecule has 0 aliphatic carbocycles. The van der Waals surface area contributed by atoms with Crippen LogP contribution in [-0.2, 0) is 20.9 Å². The van der Waals surface area contributed by atoms with Crippen LogP contribution in [0.4, 0.5) is 0 Å². The van der Waals surface area contributed by atoms with Gasteiger partial charge >= 0.3 is 0 Å². The maximum Gasteiger partial charge on any atom is 0.193 e. The van der Waals surface area contributed by atoms with Crippen LogP contribution in [0.5, 0.6) is 0 Å². The highest BCUT2D eigenvalue weighted by Crippen LogP contribution is 2.09. The summed E-state index contributed by atoms with van der Waals surface area (Å²) < 4.78 is 10.5. The molecule has 1 aliphatic heterocycles. The molecule has 0 fully saturated rings. The average Bonchev–Trinajstić information content (AvgIpc) is 2.53. The molecule has 2 rings (SSSR count).